The highest BCUT2D eigenvalue weighted by atomic mass is 16.5. The summed E-state index contributed by atoms with van der Waals surface area (Å²) in [5.41, 5.74) is 2.71. The topological polar surface area (TPSA) is 63.7 Å². The van der Waals surface area contributed by atoms with Gasteiger partial charge in [0.2, 0.25) is 0 Å². The second kappa shape index (κ2) is 16.1. The lowest BCUT2D eigenvalue weighted by atomic mass is 9.79. The van der Waals surface area contributed by atoms with Crippen molar-refractivity contribution in [1.82, 2.24) is 14.7 Å². The van der Waals surface area contributed by atoms with Gasteiger partial charge in [-0.2, -0.15) is 0 Å². The zero-order valence-corrected chi connectivity index (χ0v) is 28.6. The van der Waals surface area contributed by atoms with Crippen LogP contribution in [0.4, 0.5) is 4.79 Å². The summed E-state index contributed by atoms with van der Waals surface area (Å²) in [5.74, 6) is 3.73. The van der Waals surface area contributed by atoms with E-state index in [2.05, 4.69) is 61.4 Å². The number of carbonyl (C=O) groups is 1. The third-order valence-corrected chi connectivity index (χ3v) is 9.26. The number of likely N-dealkylation sites (N-methyl/N-ethyl adjacent to an activating group) is 1. The van der Waals surface area contributed by atoms with E-state index in [-0.39, 0.29) is 23.4 Å². The summed E-state index contributed by atoms with van der Waals surface area (Å²) in [6.07, 6.45) is 10.1. The van der Waals surface area contributed by atoms with E-state index in [1.807, 2.05) is 30.9 Å². The average Bonchev–Trinajstić information content (AvgIpc) is 3.23. The van der Waals surface area contributed by atoms with E-state index in [9.17, 15) is 4.79 Å². The molecule has 2 unspecified atom stereocenters. The average molecular weight is 610 g/mol. The predicted molar refractivity (Wildman–Crippen MR) is 178 cm³/mol. The van der Waals surface area contributed by atoms with Gasteiger partial charge in [0.1, 0.15) is 11.5 Å². The SMILES string of the molecule is C=C(/C=C(\C)OC)CN1C(=O)N(CC)C2(CCN(Cc3cc(OC)cc(OC)c3)CC2)/C1=C/C(CCC)C(C)/C(=C\C)OC. The number of hydrogen-bond acceptors (Lipinski definition) is 6. The fraction of sp³-hybridized carbons (Fsp3) is 0.583. The summed E-state index contributed by atoms with van der Waals surface area (Å²) in [6, 6.07) is 6.10. The molecule has 244 valence electrons. The molecule has 1 aromatic rings. The monoisotopic (exact) mass is 609 g/mol. The lowest BCUT2D eigenvalue weighted by Crippen LogP contribution is -2.53. The van der Waals surface area contributed by atoms with Gasteiger partial charge in [-0.1, -0.05) is 32.9 Å². The van der Waals surface area contributed by atoms with E-state index >= 15 is 0 Å². The largest absolute Gasteiger partial charge is 0.501 e. The van der Waals surface area contributed by atoms with Crippen molar-refractivity contribution in [2.75, 3.05) is 54.6 Å². The number of carbonyl (C=O) groups excluding carboxylic acids is 1. The number of urea groups is 1. The Morgan fingerprint density at radius 2 is 1.68 bits per heavy atom. The number of ether oxygens (including phenoxy) is 4. The Balaban J connectivity index is 2.02. The van der Waals surface area contributed by atoms with Crippen LogP contribution in [0.3, 0.4) is 0 Å². The van der Waals surface area contributed by atoms with Crippen LogP contribution in [0.25, 0.3) is 0 Å². The van der Waals surface area contributed by atoms with Gasteiger partial charge in [0.25, 0.3) is 0 Å². The van der Waals surface area contributed by atoms with Crippen molar-refractivity contribution in [3.8, 4) is 11.5 Å². The molecule has 2 aliphatic heterocycles. The molecule has 2 aliphatic rings. The zero-order chi connectivity index (χ0) is 32.4. The van der Waals surface area contributed by atoms with Gasteiger partial charge in [-0.15, -0.1) is 0 Å². The van der Waals surface area contributed by atoms with Crippen LogP contribution in [0.5, 0.6) is 11.5 Å². The highest BCUT2D eigenvalue weighted by Crippen LogP contribution is 2.46. The molecule has 1 aromatic carbocycles. The van der Waals surface area contributed by atoms with E-state index in [1.54, 1.807) is 28.4 Å². The molecule has 0 saturated carbocycles. The first-order valence-corrected chi connectivity index (χ1v) is 16.0. The predicted octanol–water partition coefficient (Wildman–Crippen LogP) is 7.39. The molecule has 0 aliphatic carbocycles. The minimum absolute atomic E-state index is 0.0512. The number of likely N-dealkylation sites (tertiary alicyclic amines) is 1. The normalized spacial score (nSPS) is 19.8. The van der Waals surface area contributed by atoms with Gasteiger partial charge in [0, 0.05) is 43.9 Å². The molecule has 2 amide bonds. The molecule has 2 heterocycles. The highest BCUT2D eigenvalue weighted by Gasteiger charge is 2.54. The Bertz CT molecular complexity index is 1210. The second-order valence-electron chi connectivity index (χ2n) is 11.9. The lowest BCUT2D eigenvalue weighted by Gasteiger charge is -2.44. The van der Waals surface area contributed by atoms with Crippen LogP contribution in [0.1, 0.15) is 65.9 Å². The van der Waals surface area contributed by atoms with E-state index < -0.39 is 0 Å². The highest BCUT2D eigenvalue weighted by molar-refractivity contribution is 5.83. The summed E-state index contributed by atoms with van der Waals surface area (Å²) >= 11 is 0. The van der Waals surface area contributed by atoms with E-state index in [1.165, 1.54) is 0 Å². The van der Waals surface area contributed by atoms with Crippen molar-refractivity contribution >= 4 is 6.03 Å². The van der Waals surface area contributed by atoms with Crippen LogP contribution in [-0.2, 0) is 16.0 Å². The quantitative estimate of drug-likeness (QED) is 0.153. The Labute approximate surface area is 266 Å². The molecule has 8 heteroatoms. The number of hydrogen-bond donors (Lipinski definition) is 0. The molecule has 2 fully saturated rings. The van der Waals surface area contributed by atoms with Crippen molar-refractivity contribution in [2.45, 2.75) is 72.4 Å². The first-order valence-electron chi connectivity index (χ1n) is 16.0. The Kier molecular flexibility index (Phi) is 12.8. The van der Waals surface area contributed by atoms with Crippen molar-refractivity contribution in [2.24, 2.45) is 11.8 Å². The second-order valence-corrected chi connectivity index (χ2v) is 11.9. The lowest BCUT2D eigenvalue weighted by molar-refractivity contribution is 0.0883. The van der Waals surface area contributed by atoms with Crippen LogP contribution >= 0.6 is 0 Å². The molecule has 1 spiro atoms. The van der Waals surface area contributed by atoms with Gasteiger partial charge >= 0.3 is 6.03 Å². The van der Waals surface area contributed by atoms with E-state index in [4.69, 9.17) is 18.9 Å². The Morgan fingerprint density at radius 3 is 2.18 bits per heavy atom. The molecule has 44 heavy (non-hydrogen) atoms. The number of methoxy groups -OCH3 is 4. The Hall–Kier alpha value is -3.39. The summed E-state index contributed by atoms with van der Waals surface area (Å²) < 4.78 is 22.2. The number of nitrogens with zero attached hydrogens (tertiary/aromatic N) is 3. The maximum Gasteiger partial charge on any atom is 0.325 e. The molecular formula is C36H55N3O5. The Morgan fingerprint density at radius 1 is 1.05 bits per heavy atom. The molecular weight excluding hydrogens is 554 g/mol. The van der Waals surface area contributed by atoms with E-state index in [0.29, 0.717) is 13.1 Å². The van der Waals surface area contributed by atoms with Crippen LogP contribution in [-0.4, -0.2) is 80.9 Å². The van der Waals surface area contributed by atoms with Crippen molar-refractivity contribution < 1.29 is 23.7 Å². The van der Waals surface area contributed by atoms with Crippen molar-refractivity contribution in [3.05, 3.63) is 71.4 Å². The molecule has 0 bridgehead atoms. The summed E-state index contributed by atoms with van der Waals surface area (Å²) in [4.78, 5) is 20.8. The maximum absolute atomic E-state index is 14.2. The number of rotatable bonds is 15. The summed E-state index contributed by atoms with van der Waals surface area (Å²) in [7, 11) is 6.76. The molecule has 2 atom stereocenters. The van der Waals surface area contributed by atoms with Gasteiger partial charge in [-0.05, 0) is 81.4 Å². The van der Waals surface area contributed by atoms with Gasteiger partial charge in [-0.25, -0.2) is 4.79 Å². The van der Waals surface area contributed by atoms with Crippen molar-refractivity contribution in [1.29, 1.82) is 0 Å². The summed E-state index contributed by atoms with van der Waals surface area (Å²) in [5, 5.41) is 0. The number of allylic oxidation sites excluding steroid dienone is 4. The summed E-state index contributed by atoms with van der Waals surface area (Å²) in [6.45, 7) is 18.4. The standard InChI is InChI=1S/C36H55N3O5/c1-11-14-30(28(6)33(12-2)44-10)22-34-36(39(13-3)35(40)38(34)24-26(4)19-27(5)41-7)15-17-37(18-16-36)25-29-20-31(42-8)23-32(21-29)43-9/h12,19-23,28,30H,4,11,13-18,24-25H2,1-3,5-10H3/b27-19+,33-12+,34-22-. The van der Waals surface area contributed by atoms with Gasteiger partial charge in [-0.3, -0.25) is 9.80 Å². The van der Waals surface area contributed by atoms with Crippen LogP contribution < -0.4 is 9.47 Å². The van der Waals surface area contributed by atoms with Crippen LogP contribution in [0.15, 0.2) is 65.8 Å². The third kappa shape index (κ3) is 7.81. The molecule has 8 nitrogen and oxygen atoms in total. The first kappa shape index (κ1) is 35.1. The number of piperidine rings is 1. The zero-order valence-electron chi connectivity index (χ0n) is 28.6. The minimum Gasteiger partial charge on any atom is -0.501 e. The van der Waals surface area contributed by atoms with Crippen LogP contribution in [0, 0.1) is 11.8 Å². The molecule has 0 aromatic heterocycles. The molecule has 2 saturated heterocycles. The molecule has 3 rings (SSSR count). The van der Waals surface area contributed by atoms with Crippen molar-refractivity contribution in [3.63, 3.8) is 0 Å². The molecule has 0 N–H and O–H groups in total. The van der Waals surface area contributed by atoms with Gasteiger partial charge in [0.05, 0.1) is 52.0 Å². The number of benzene rings is 1. The van der Waals surface area contributed by atoms with E-state index in [0.717, 1.165) is 85.2 Å². The first-order chi connectivity index (χ1) is 21.1. The molecule has 0 radical (unpaired) electrons. The van der Waals surface area contributed by atoms with Gasteiger partial charge < -0.3 is 23.8 Å². The number of amides is 2. The maximum atomic E-state index is 14.2. The van der Waals surface area contributed by atoms with Crippen LogP contribution in [0.2, 0.25) is 0 Å². The fourth-order valence-corrected chi connectivity index (χ4v) is 6.87. The fourth-order valence-electron chi connectivity index (χ4n) is 6.87. The smallest absolute Gasteiger partial charge is 0.325 e. The third-order valence-electron chi connectivity index (χ3n) is 9.26. The minimum atomic E-state index is -0.385. The van der Waals surface area contributed by atoms with Gasteiger partial charge in [0.15, 0.2) is 0 Å².